The lowest BCUT2D eigenvalue weighted by molar-refractivity contribution is 0.0705. The van der Waals surface area contributed by atoms with Gasteiger partial charge in [0.15, 0.2) is 0 Å². The van der Waals surface area contributed by atoms with Gasteiger partial charge in [-0.1, -0.05) is 50.2 Å². The molecule has 0 unspecified atom stereocenters. The number of amides is 1. The lowest BCUT2D eigenvalue weighted by Crippen LogP contribution is -2.46. The van der Waals surface area contributed by atoms with Crippen molar-refractivity contribution in [2.24, 2.45) is 0 Å². The van der Waals surface area contributed by atoms with Gasteiger partial charge < -0.3 is 10.2 Å². The summed E-state index contributed by atoms with van der Waals surface area (Å²) in [6.45, 7) is 6.03. The van der Waals surface area contributed by atoms with Crippen molar-refractivity contribution in [3.05, 3.63) is 48.0 Å². The van der Waals surface area contributed by atoms with E-state index in [1.165, 1.54) is 0 Å². The predicted octanol–water partition coefficient (Wildman–Crippen LogP) is 3.44. The second kappa shape index (κ2) is 6.49. The lowest BCUT2D eigenvalue weighted by atomic mass is 10.0. The Morgan fingerprint density at radius 2 is 1.77 bits per heavy atom. The number of nitrogens with one attached hydrogen (secondary N) is 1. The van der Waals surface area contributed by atoms with Crippen LogP contribution in [0.4, 0.5) is 0 Å². The van der Waals surface area contributed by atoms with E-state index in [0.717, 1.165) is 42.3 Å². The molecular weight excluding hydrogens is 272 g/mol. The zero-order valence-electron chi connectivity index (χ0n) is 13.4. The summed E-state index contributed by atoms with van der Waals surface area (Å²) >= 11 is 0. The fourth-order valence-electron chi connectivity index (χ4n) is 3.30. The third-order valence-electron chi connectivity index (χ3n) is 4.37. The molecule has 1 saturated heterocycles. The van der Waals surface area contributed by atoms with Crippen LogP contribution in [-0.2, 0) is 0 Å². The summed E-state index contributed by atoms with van der Waals surface area (Å²) in [5.74, 6) is 0.166. The normalized spacial score (nSPS) is 16.4. The fraction of sp³-hybridized carbons (Fsp3) is 0.421. The van der Waals surface area contributed by atoms with Crippen molar-refractivity contribution in [2.45, 2.75) is 38.8 Å². The summed E-state index contributed by atoms with van der Waals surface area (Å²) in [6, 6.07) is 15.1. The van der Waals surface area contributed by atoms with Crippen molar-refractivity contribution in [3.63, 3.8) is 0 Å². The highest BCUT2D eigenvalue weighted by Gasteiger charge is 2.24. The first kappa shape index (κ1) is 15.0. The molecule has 22 heavy (non-hydrogen) atoms. The number of benzene rings is 2. The molecule has 116 valence electrons. The number of carbonyl (C=O) groups excluding carboxylic acids is 1. The Hall–Kier alpha value is -1.87. The molecule has 0 spiro atoms. The Balaban J connectivity index is 1.74. The zero-order chi connectivity index (χ0) is 15.5. The summed E-state index contributed by atoms with van der Waals surface area (Å²) in [6.07, 6.45) is 2.07. The minimum atomic E-state index is 0.166. The van der Waals surface area contributed by atoms with E-state index in [1.54, 1.807) is 0 Å². The van der Waals surface area contributed by atoms with Crippen LogP contribution in [0, 0.1) is 0 Å². The fourth-order valence-corrected chi connectivity index (χ4v) is 3.30. The minimum Gasteiger partial charge on any atom is -0.339 e. The Labute approximate surface area is 132 Å². The molecule has 1 fully saturated rings. The number of hydrogen-bond acceptors (Lipinski definition) is 2. The van der Waals surface area contributed by atoms with Crippen molar-refractivity contribution in [3.8, 4) is 0 Å². The van der Waals surface area contributed by atoms with Crippen molar-refractivity contribution in [1.29, 1.82) is 0 Å². The monoisotopic (exact) mass is 296 g/mol. The van der Waals surface area contributed by atoms with Crippen LogP contribution in [0.2, 0.25) is 0 Å². The average molecular weight is 296 g/mol. The number of rotatable bonds is 3. The number of likely N-dealkylation sites (tertiary alicyclic amines) is 1. The van der Waals surface area contributed by atoms with Gasteiger partial charge in [-0.05, 0) is 29.7 Å². The van der Waals surface area contributed by atoms with E-state index in [2.05, 4.69) is 31.3 Å². The molecular formula is C19H24N2O. The van der Waals surface area contributed by atoms with Crippen LogP contribution < -0.4 is 5.32 Å². The van der Waals surface area contributed by atoms with Crippen LogP contribution in [0.5, 0.6) is 0 Å². The van der Waals surface area contributed by atoms with Crippen LogP contribution in [0.25, 0.3) is 10.8 Å². The molecule has 0 bridgehead atoms. The van der Waals surface area contributed by atoms with Gasteiger partial charge in [0.1, 0.15) is 0 Å². The van der Waals surface area contributed by atoms with Crippen LogP contribution in [0.1, 0.15) is 37.0 Å². The lowest BCUT2D eigenvalue weighted by Gasteiger charge is -2.33. The number of piperidine rings is 1. The molecule has 1 amide bonds. The van der Waals surface area contributed by atoms with E-state index in [4.69, 9.17) is 0 Å². The standard InChI is InChI=1S/C19H24N2O/c1-14(2)20-16-10-12-21(13-11-16)19(22)18-9-5-7-15-6-3-4-8-17(15)18/h3-9,14,16,20H,10-13H2,1-2H3. The van der Waals surface area contributed by atoms with Crippen molar-refractivity contribution >= 4 is 16.7 Å². The molecule has 1 aliphatic rings. The number of carbonyl (C=O) groups is 1. The first-order valence-corrected chi connectivity index (χ1v) is 8.18. The molecule has 0 aliphatic carbocycles. The van der Waals surface area contributed by atoms with Gasteiger partial charge in [-0.2, -0.15) is 0 Å². The molecule has 1 aliphatic heterocycles. The highest BCUT2D eigenvalue weighted by Crippen LogP contribution is 2.22. The summed E-state index contributed by atoms with van der Waals surface area (Å²) in [5, 5.41) is 5.76. The van der Waals surface area contributed by atoms with Crippen LogP contribution in [0.3, 0.4) is 0 Å². The van der Waals surface area contributed by atoms with E-state index in [9.17, 15) is 4.79 Å². The van der Waals surface area contributed by atoms with Crippen molar-refractivity contribution < 1.29 is 4.79 Å². The molecule has 2 aromatic rings. The highest BCUT2D eigenvalue weighted by atomic mass is 16.2. The summed E-state index contributed by atoms with van der Waals surface area (Å²) in [5.41, 5.74) is 0.827. The van der Waals surface area contributed by atoms with Crippen LogP contribution in [0.15, 0.2) is 42.5 Å². The first-order chi connectivity index (χ1) is 10.6. The molecule has 1 N–H and O–H groups in total. The maximum atomic E-state index is 12.8. The van der Waals surface area contributed by atoms with E-state index in [0.29, 0.717) is 12.1 Å². The van der Waals surface area contributed by atoms with Gasteiger partial charge in [0.2, 0.25) is 0 Å². The van der Waals surface area contributed by atoms with Gasteiger partial charge in [0, 0.05) is 30.7 Å². The first-order valence-electron chi connectivity index (χ1n) is 8.18. The molecule has 0 atom stereocenters. The van der Waals surface area contributed by atoms with Gasteiger partial charge >= 0.3 is 0 Å². The second-order valence-corrected chi connectivity index (χ2v) is 6.41. The van der Waals surface area contributed by atoms with Gasteiger partial charge in [-0.15, -0.1) is 0 Å². The average Bonchev–Trinajstić information content (AvgIpc) is 2.54. The topological polar surface area (TPSA) is 32.3 Å². The molecule has 3 nitrogen and oxygen atoms in total. The second-order valence-electron chi connectivity index (χ2n) is 6.41. The van der Waals surface area contributed by atoms with Gasteiger partial charge in [0.05, 0.1) is 0 Å². The molecule has 2 aromatic carbocycles. The summed E-state index contributed by atoms with van der Waals surface area (Å²) in [7, 11) is 0. The summed E-state index contributed by atoms with van der Waals surface area (Å²) in [4.78, 5) is 14.8. The Morgan fingerprint density at radius 1 is 1.09 bits per heavy atom. The quantitative estimate of drug-likeness (QED) is 0.941. The van der Waals surface area contributed by atoms with E-state index >= 15 is 0 Å². The molecule has 0 radical (unpaired) electrons. The van der Waals surface area contributed by atoms with E-state index in [-0.39, 0.29) is 5.91 Å². The SMILES string of the molecule is CC(C)NC1CCN(C(=O)c2cccc3ccccc23)CC1. The van der Waals surface area contributed by atoms with Crippen LogP contribution in [-0.4, -0.2) is 36.0 Å². The Kier molecular flexibility index (Phi) is 4.44. The third-order valence-corrected chi connectivity index (χ3v) is 4.37. The largest absolute Gasteiger partial charge is 0.339 e. The van der Waals surface area contributed by atoms with E-state index < -0.39 is 0 Å². The number of hydrogen-bond donors (Lipinski definition) is 1. The Morgan fingerprint density at radius 3 is 2.50 bits per heavy atom. The third kappa shape index (κ3) is 3.14. The van der Waals surface area contributed by atoms with Gasteiger partial charge in [0.25, 0.3) is 5.91 Å². The predicted molar refractivity (Wildman–Crippen MR) is 91.1 cm³/mol. The highest BCUT2D eigenvalue weighted by molar-refractivity contribution is 6.07. The maximum absolute atomic E-state index is 12.8. The zero-order valence-corrected chi connectivity index (χ0v) is 13.4. The summed E-state index contributed by atoms with van der Waals surface area (Å²) < 4.78 is 0. The number of nitrogens with zero attached hydrogens (tertiary/aromatic N) is 1. The maximum Gasteiger partial charge on any atom is 0.254 e. The molecule has 3 rings (SSSR count). The number of fused-ring (bicyclic) bond motifs is 1. The van der Waals surface area contributed by atoms with Crippen molar-refractivity contribution in [2.75, 3.05) is 13.1 Å². The van der Waals surface area contributed by atoms with Gasteiger partial charge in [-0.3, -0.25) is 4.79 Å². The molecule has 0 aromatic heterocycles. The molecule has 3 heteroatoms. The van der Waals surface area contributed by atoms with Crippen LogP contribution >= 0.6 is 0 Å². The smallest absolute Gasteiger partial charge is 0.254 e. The minimum absolute atomic E-state index is 0.166. The van der Waals surface area contributed by atoms with Crippen molar-refractivity contribution in [1.82, 2.24) is 10.2 Å². The Bertz CT molecular complexity index is 652. The van der Waals surface area contributed by atoms with E-state index in [1.807, 2.05) is 35.2 Å². The molecule has 0 saturated carbocycles. The molecule has 1 heterocycles. The van der Waals surface area contributed by atoms with Gasteiger partial charge in [-0.25, -0.2) is 0 Å².